The first-order chi connectivity index (χ1) is 12.0. The lowest BCUT2D eigenvalue weighted by Gasteiger charge is -2.14. The van der Waals surface area contributed by atoms with Crippen molar-refractivity contribution >= 4 is 10.9 Å². The zero-order chi connectivity index (χ0) is 18.0. The summed E-state index contributed by atoms with van der Waals surface area (Å²) in [6.45, 7) is 5.68. The molecule has 0 radical (unpaired) electrons. The molecule has 0 saturated carbocycles. The average Bonchev–Trinajstić information content (AvgIpc) is 3.00. The minimum absolute atomic E-state index is 0.0224. The number of benzene rings is 1. The zero-order valence-electron chi connectivity index (χ0n) is 14.5. The zero-order valence-corrected chi connectivity index (χ0v) is 14.5. The predicted octanol–water partition coefficient (Wildman–Crippen LogP) is 2.00. The highest BCUT2D eigenvalue weighted by molar-refractivity contribution is 5.81. The molecular formula is C18H21N3O4. The molecule has 1 unspecified atom stereocenters. The van der Waals surface area contributed by atoms with Gasteiger partial charge in [-0.05, 0) is 38.0 Å². The Labute approximate surface area is 144 Å². The van der Waals surface area contributed by atoms with Gasteiger partial charge < -0.3 is 14.4 Å². The minimum atomic E-state index is -0.874. The van der Waals surface area contributed by atoms with Gasteiger partial charge in [0, 0.05) is 0 Å². The third kappa shape index (κ3) is 3.56. The molecular weight excluding hydrogens is 322 g/mol. The maximum Gasteiger partial charge on any atom is 0.296 e. The summed E-state index contributed by atoms with van der Waals surface area (Å²) < 4.78 is 11.8. The van der Waals surface area contributed by atoms with Gasteiger partial charge >= 0.3 is 0 Å². The number of aliphatic hydroxyl groups excluding tert-OH is 1. The second-order valence-electron chi connectivity index (χ2n) is 6.00. The first kappa shape index (κ1) is 17.2. The molecule has 7 heteroatoms. The average molecular weight is 343 g/mol. The van der Waals surface area contributed by atoms with Crippen molar-refractivity contribution in [2.75, 3.05) is 6.61 Å². The van der Waals surface area contributed by atoms with E-state index in [1.807, 2.05) is 24.3 Å². The van der Waals surface area contributed by atoms with Gasteiger partial charge in [-0.25, -0.2) is 4.68 Å². The van der Waals surface area contributed by atoms with Gasteiger partial charge in [-0.1, -0.05) is 24.2 Å². The van der Waals surface area contributed by atoms with Crippen molar-refractivity contribution in [3.63, 3.8) is 0 Å². The van der Waals surface area contributed by atoms with Gasteiger partial charge in [-0.15, -0.1) is 0 Å². The molecule has 7 nitrogen and oxygen atoms in total. The number of rotatable bonds is 6. The number of aryl methyl sites for hydroxylation is 3. The van der Waals surface area contributed by atoms with E-state index in [1.165, 1.54) is 10.2 Å². The molecule has 0 fully saturated rings. The lowest BCUT2D eigenvalue weighted by Crippen LogP contribution is -2.32. The molecule has 3 rings (SSSR count). The van der Waals surface area contributed by atoms with Gasteiger partial charge in [0.15, 0.2) is 5.52 Å². The number of aliphatic hydroxyl groups is 1. The van der Waals surface area contributed by atoms with Crippen molar-refractivity contribution in [3.05, 3.63) is 51.6 Å². The maximum atomic E-state index is 12.4. The highest BCUT2D eigenvalue weighted by Crippen LogP contribution is 2.17. The Hall–Kier alpha value is -2.67. The van der Waals surface area contributed by atoms with Crippen molar-refractivity contribution in [2.45, 2.75) is 39.8 Å². The van der Waals surface area contributed by atoms with Gasteiger partial charge in [0.25, 0.3) is 5.56 Å². The normalized spacial score (nSPS) is 12.5. The molecule has 2 heterocycles. The van der Waals surface area contributed by atoms with Crippen LogP contribution in [0.5, 0.6) is 5.75 Å². The number of ether oxygens (including phenoxy) is 1. The Morgan fingerprint density at radius 3 is 2.68 bits per heavy atom. The fraction of sp³-hybridized carbons (Fsp3) is 0.389. The van der Waals surface area contributed by atoms with Crippen LogP contribution in [0.4, 0.5) is 0 Å². The lowest BCUT2D eigenvalue weighted by molar-refractivity contribution is 0.0880. The molecule has 0 aliphatic heterocycles. The fourth-order valence-electron chi connectivity index (χ4n) is 2.73. The molecule has 3 aromatic rings. The van der Waals surface area contributed by atoms with Crippen molar-refractivity contribution in [2.24, 2.45) is 0 Å². The standard InChI is InChI=1S/C18H21N3O4/c1-4-13-5-7-15(8-6-13)24-10-14(22)9-21-18(23)17-16(11(2)19-21)12(3)25-20-17/h5-8,14,22H,4,9-10H2,1-3H3. The molecule has 1 N–H and O–H groups in total. The second kappa shape index (κ2) is 7.06. The SMILES string of the molecule is CCc1ccc(OCC(O)Cn2nc(C)c3c(C)onc3c2=O)cc1. The molecule has 0 saturated heterocycles. The fourth-order valence-corrected chi connectivity index (χ4v) is 2.73. The Kier molecular flexibility index (Phi) is 4.85. The topological polar surface area (TPSA) is 90.4 Å². The van der Waals surface area contributed by atoms with Gasteiger partial charge in [0.2, 0.25) is 0 Å². The van der Waals surface area contributed by atoms with E-state index in [0.29, 0.717) is 22.6 Å². The van der Waals surface area contributed by atoms with Crippen LogP contribution in [0.25, 0.3) is 10.9 Å². The van der Waals surface area contributed by atoms with Crippen molar-refractivity contribution in [1.82, 2.24) is 14.9 Å². The maximum absolute atomic E-state index is 12.4. The van der Waals surface area contributed by atoms with Gasteiger partial charge in [-0.3, -0.25) is 4.79 Å². The summed E-state index contributed by atoms with van der Waals surface area (Å²) >= 11 is 0. The van der Waals surface area contributed by atoms with E-state index < -0.39 is 6.10 Å². The highest BCUT2D eigenvalue weighted by Gasteiger charge is 2.17. The summed E-state index contributed by atoms with van der Waals surface area (Å²) in [5, 5.41) is 18.9. The number of nitrogens with zero attached hydrogens (tertiary/aromatic N) is 3. The molecule has 0 bridgehead atoms. The summed E-state index contributed by atoms with van der Waals surface area (Å²) in [4.78, 5) is 12.4. The Balaban J connectivity index is 1.70. The van der Waals surface area contributed by atoms with Crippen LogP contribution in [0.3, 0.4) is 0 Å². The van der Waals surface area contributed by atoms with Crippen molar-refractivity contribution in [3.8, 4) is 5.75 Å². The molecule has 0 spiro atoms. The largest absolute Gasteiger partial charge is 0.491 e. The predicted molar refractivity (Wildman–Crippen MR) is 92.9 cm³/mol. The van der Waals surface area contributed by atoms with Crippen LogP contribution < -0.4 is 10.3 Å². The number of aromatic nitrogens is 3. The Morgan fingerprint density at radius 2 is 2.00 bits per heavy atom. The molecule has 1 atom stereocenters. The van der Waals surface area contributed by atoms with E-state index >= 15 is 0 Å². The highest BCUT2D eigenvalue weighted by atomic mass is 16.5. The monoisotopic (exact) mass is 343 g/mol. The van der Waals surface area contributed by atoms with Gasteiger partial charge in [0.05, 0.1) is 17.6 Å². The van der Waals surface area contributed by atoms with E-state index in [-0.39, 0.29) is 24.2 Å². The molecule has 2 aromatic heterocycles. The molecule has 132 valence electrons. The van der Waals surface area contributed by atoms with Crippen molar-refractivity contribution in [1.29, 1.82) is 0 Å². The van der Waals surface area contributed by atoms with E-state index in [0.717, 1.165) is 6.42 Å². The Morgan fingerprint density at radius 1 is 1.28 bits per heavy atom. The first-order valence-electron chi connectivity index (χ1n) is 8.23. The summed E-state index contributed by atoms with van der Waals surface area (Å²) in [7, 11) is 0. The van der Waals surface area contributed by atoms with Crippen LogP contribution in [-0.2, 0) is 13.0 Å². The van der Waals surface area contributed by atoms with Crippen LogP contribution in [0.15, 0.2) is 33.6 Å². The van der Waals surface area contributed by atoms with E-state index in [2.05, 4.69) is 17.2 Å². The number of fused-ring (bicyclic) bond motifs is 1. The van der Waals surface area contributed by atoms with Gasteiger partial charge in [0.1, 0.15) is 24.2 Å². The molecule has 0 aliphatic carbocycles. The van der Waals surface area contributed by atoms with Gasteiger partial charge in [-0.2, -0.15) is 5.10 Å². The number of hydrogen-bond acceptors (Lipinski definition) is 6. The van der Waals surface area contributed by atoms with Crippen LogP contribution in [0, 0.1) is 13.8 Å². The summed E-state index contributed by atoms with van der Waals surface area (Å²) in [5.41, 5.74) is 1.70. The number of hydrogen-bond donors (Lipinski definition) is 1. The third-order valence-electron chi connectivity index (χ3n) is 4.09. The van der Waals surface area contributed by atoms with E-state index in [4.69, 9.17) is 9.26 Å². The first-order valence-corrected chi connectivity index (χ1v) is 8.23. The third-order valence-corrected chi connectivity index (χ3v) is 4.09. The molecule has 25 heavy (non-hydrogen) atoms. The van der Waals surface area contributed by atoms with E-state index in [1.54, 1.807) is 13.8 Å². The smallest absolute Gasteiger partial charge is 0.296 e. The molecule has 0 aliphatic rings. The van der Waals surface area contributed by atoms with E-state index in [9.17, 15) is 9.90 Å². The molecule has 0 amide bonds. The summed E-state index contributed by atoms with van der Waals surface area (Å²) in [6.07, 6.45) is 0.0850. The summed E-state index contributed by atoms with van der Waals surface area (Å²) in [6, 6.07) is 7.70. The van der Waals surface area contributed by atoms with Crippen LogP contribution in [0.2, 0.25) is 0 Å². The summed E-state index contributed by atoms with van der Waals surface area (Å²) in [5.74, 6) is 1.24. The quantitative estimate of drug-likeness (QED) is 0.736. The van der Waals surface area contributed by atoms with Crippen LogP contribution >= 0.6 is 0 Å². The minimum Gasteiger partial charge on any atom is -0.491 e. The van der Waals surface area contributed by atoms with Crippen LogP contribution in [0.1, 0.15) is 23.9 Å². The Bertz CT molecular complexity index is 928. The van der Waals surface area contributed by atoms with Crippen molar-refractivity contribution < 1.29 is 14.4 Å². The molecule has 1 aromatic carbocycles. The second-order valence-corrected chi connectivity index (χ2v) is 6.00. The lowest BCUT2D eigenvalue weighted by atomic mass is 10.2. The van der Waals surface area contributed by atoms with Crippen LogP contribution in [-0.4, -0.2) is 32.8 Å².